The van der Waals surface area contributed by atoms with E-state index in [1.165, 1.54) is 11.8 Å². The molecule has 0 unspecified atom stereocenters. The van der Waals surface area contributed by atoms with Crippen LogP contribution in [0.4, 0.5) is 17.1 Å². The number of anilines is 1. The topological polar surface area (TPSA) is 114 Å². The number of azo groups is 1. The van der Waals surface area contributed by atoms with E-state index in [1.54, 1.807) is 30.3 Å². The van der Waals surface area contributed by atoms with Gasteiger partial charge in [-0.1, -0.05) is 61.5 Å². The standard InChI is InChI=1S/C29H31N7O2S/c1-19(2)26(31-28(38)21-10-8-9-20(3)17-21)27-34-35-29(36(27)4)39-18-25(37)30-22-13-15-24(16-14-22)33-32-23-11-6-5-7-12-23/h5-17,19,26H,18H2,1-4H3,(H,30,37)(H,31,38)/t26-/m1/s1. The predicted octanol–water partition coefficient (Wildman–Crippen LogP) is 6.40. The summed E-state index contributed by atoms with van der Waals surface area (Å²) in [6.45, 7) is 5.99. The van der Waals surface area contributed by atoms with Gasteiger partial charge < -0.3 is 15.2 Å². The first-order valence-electron chi connectivity index (χ1n) is 12.6. The number of aromatic nitrogens is 3. The van der Waals surface area contributed by atoms with Gasteiger partial charge in [0.15, 0.2) is 11.0 Å². The van der Waals surface area contributed by atoms with E-state index < -0.39 is 0 Å². The summed E-state index contributed by atoms with van der Waals surface area (Å²) in [5, 5.41) is 23.6. The molecule has 0 saturated carbocycles. The molecule has 200 valence electrons. The highest BCUT2D eigenvalue weighted by atomic mass is 32.2. The minimum atomic E-state index is -0.337. The SMILES string of the molecule is Cc1cccc(C(=O)N[C@@H](c2nnc(SCC(=O)Nc3ccc(N=Nc4ccccc4)cc3)n2C)C(C)C)c1. The van der Waals surface area contributed by atoms with Gasteiger partial charge >= 0.3 is 0 Å². The van der Waals surface area contributed by atoms with Crippen LogP contribution in [0.15, 0.2) is 94.2 Å². The summed E-state index contributed by atoms with van der Waals surface area (Å²) >= 11 is 1.28. The third-order valence-corrected chi connectivity index (χ3v) is 6.92. The molecule has 0 radical (unpaired) electrons. The molecule has 9 nitrogen and oxygen atoms in total. The first-order valence-corrected chi connectivity index (χ1v) is 13.5. The minimum Gasteiger partial charge on any atom is -0.342 e. The van der Waals surface area contributed by atoms with Crippen molar-refractivity contribution in [1.29, 1.82) is 0 Å². The predicted molar refractivity (Wildman–Crippen MR) is 154 cm³/mol. The van der Waals surface area contributed by atoms with Gasteiger partial charge in [-0.15, -0.1) is 10.2 Å². The van der Waals surface area contributed by atoms with E-state index in [-0.39, 0.29) is 29.5 Å². The number of carbonyl (C=O) groups excluding carboxylic acids is 2. The Morgan fingerprint density at radius 1 is 0.923 bits per heavy atom. The summed E-state index contributed by atoms with van der Waals surface area (Å²) in [6.07, 6.45) is 0. The zero-order chi connectivity index (χ0) is 27.8. The Hall–Kier alpha value is -4.31. The first kappa shape index (κ1) is 27.7. The molecule has 0 aliphatic rings. The Kier molecular flexibility index (Phi) is 9.22. The van der Waals surface area contributed by atoms with Crippen molar-refractivity contribution < 1.29 is 9.59 Å². The molecule has 2 N–H and O–H groups in total. The van der Waals surface area contributed by atoms with Crippen molar-refractivity contribution in [2.24, 2.45) is 23.2 Å². The zero-order valence-corrected chi connectivity index (χ0v) is 23.1. The number of thioether (sulfide) groups is 1. The molecule has 10 heteroatoms. The molecule has 0 spiro atoms. The van der Waals surface area contributed by atoms with Gasteiger partial charge in [0.25, 0.3) is 5.91 Å². The number of amides is 2. The monoisotopic (exact) mass is 541 g/mol. The van der Waals surface area contributed by atoms with Crippen LogP contribution in [0.1, 0.15) is 41.6 Å². The molecule has 39 heavy (non-hydrogen) atoms. The van der Waals surface area contributed by atoms with Crippen LogP contribution in [-0.4, -0.2) is 32.3 Å². The van der Waals surface area contributed by atoms with Gasteiger partial charge in [-0.2, -0.15) is 10.2 Å². The van der Waals surface area contributed by atoms with Crippen LogP contribution < -0.4 is 10.6 Å². The zero-order valence-electron chi connectivity index (χ0n) is 22.3. The molecule has 4 rings (SSSR count). The highest BCUT2D eigenvalue weighted by Crippen LogP contribution is 2.25. The third-order valence-electron chi connectivity index (χ3n) is 5.90. The Bertz CT molecular complexity index is 1450. The molecular weight excluding hydrogens is 510 g/mol. The molecule has 0 aliphatic heterocycles. The van der Waals surface area contributed by atoms with Crippen molar-refractivity contribution in [3.8, 4) is 0 Å². The molecule has 1 atom stereocenters. The molecule has 1 heterocycles. The highest BCUT2D eigenvalue weighted by molar-refractivity contribution is 7.99. The van der Waals surface area contributed by atoms with Gasteiger partial charge in [0, 0.05) is 18.3 Å². The molecule has 2 amide bonds. The molecule has 1 aromatic heterocycles. The minimum absolute atomic E-state index is 0.0815. The molecular formula is C29H31N7O2S. The van der Waals surface area contributed by atoms with Crippen molar-refractivity contribution in [1.82, 2.24) is 20.1 Å². The molecule has 3 aromatic carbocycles. The smallest absolute Gasteiger partial charge is 0.251 e. The van der Waals surface area contributed by atoms with Crippen LogP contribution in [0, 0.1) is 12.8 Å². The lowest BCUT2D eigenvalue weighted by Gasteiger charge is -2.21. The Balaban J connectivity index is 1.33. The second kappa shape index (κ2) is 13.0. The number of carbonyl (C=O) groups is 2. The van der Waals surface area contributed by atoms with Gasteiger partial charge in [-0.25, -0.2) is 0 Å². The van der Waals surface area contributed by atoms with Crippen LogP contribution in [0.25, 0.3) is 0 Å². The molecule has 0 saturated heterocycles. The Morgan fingerprint density at radius 2 is 1.62 bits per heavy atom. The Labute approximate surface area is 232 Å². The van der Waals surface area contributed by atoms with Crippen LogP contribution >= 0.6 is 11.8 Å². The summed E-state index contributed by atoms with van der Waals surface area (Å²) in [5.74, 6) is 0.536. The largest absolute Gasteiger partial charge is 0.342 e. The second-order valence-electron chi connectivity index (χ2n) is 9.38. The lowest BCUT2D eigenvalue weighted by atomic mass is 10.0. The summed E-state index contributed by atoms with van der Waals surface area (Å²) in [7, 11) is 1.84. The van der Waals surface area contributed by atoms with Crippen LogP contribution in [0.5, 0.6) is 0 Å². The van der Waals surface area contributed by atoms with E-state index in [1.807, 2.05) is 80.9 Å². The summed E-state index contributed by atoms with van der Waals surface area (Å²) in [6, 6.07) is 23.8. The average Bonchev–Trinajstić information content (AvgIpc) is 3.30. The number of nitrogens with zero attached hydrogens (tertiary/aromatic N) is 5. The average molecular weight is 542 g/mol. The number of hydrogen-bond donors (Lipinski definition) is 2. The summed E-state index contributed by atoms with van der Waals surface area (Å²) < 4.78 is 1.83. The highest BCUT2D eigenvalue weighted by Gasteiger charge is 2.25. The van der Waals surface area contributed by atoms with E-state index in [2.05, 4.69) is 31.1 Å². The fourth-order valence-corrected chi connectivity index (χ4v) is 4.53. The molecule has 4 aromatic rings. The van der Waals surface area contributed by atoms with Gasteiger partial charge in [0.2, 0.25) is 5.91 Å². The lowest BCUT2D eigenvalue weighted by Crippen LogP contribution is -2.33. The first-order chi connectivity index (χ1) is 18.8. The summed E-state index contributed by atoms with van der Waals surface area (Å²) in [4.78, 5) is 25.5. The van der Waals surface area contributed by atoms with Gasteiger partial charge in [-0.05, 0) is 61.4 Å². The lowest BCUT2D eigenvalue weighted by molar-refractivity contribution is -0.113. The fraction of sp³-hybridized carbons (Fsp3) is 0.241. The van der Waals surface area contributed by atoms with E-state index in [0.717, 1.165) is 11.3 Å². The number of aryl methyl sites for hydroxylation is 1. The van der Waals surface area contributed by atoms with Crippen molar-refractivity contribution >= 4 is 40.6 Å². The van der Waals surface area contributed by atoms with E-state index in [4.69, 9.17) is 0 Å². The molecule has 0 fully saturated rings. The van der Waals surface area contributed by atoms with E-state index >= 15 is 0 Å². The molecule has 0 bridgehead atoms. The second-order valence-corrected chi connectivity index (χ2v) is 10.3. The normalized spacial score (nSPS) is 12.0. The number of benzene rings is 3. The van der Waals surface area contributed by atoms with Crippen LogP contribution in [0.2, 0.25) is 0 Å². The Morgan fingerprint density at radius 3 is 2.28 bits per heavy atom. The van der Waals surface area contributed by atoms with Crippen molar-refractivity contribution in [3.63, 3.8) is 0 Å². The van der Waals surface area contributed by atoms with E-state index in [0.29, 0.717) is 27.9 Å². The van der Waals surface area contributed by atoms with Gasteiger partial charge in [0.05, 0.1) is 23.2 Å². The summed E-state index contributed by atoms with van der Waals surface area (Å²) in [5.41, 5.74) is 3.74. The maximum atomic E-state index is 12.9. The quantitative estimate of drug-likeness (QED) is 0.178. The number of nitrogens with one attached hydrogen (secondary N) is 2. The van der Waals surface area contributed by atoms with Crippen molar-refractivity contribution in [2.75, 3.05) is 11.1 Å². The van der Waals surface area contributed by atoms with E-state index in [9.17, 15) is 9.59 Å². The molecule has 0 aliphatic carbocycles. The van der Waals surface area contributed by atoms with Gasteiger partial charge in [-0.3, -0.25) is 9.59 Å². The van der Waals surface area contributed by atoms with Crippen LogP contribution in [-0.2, 0) is 11.8 Å². The number of hydrogen-bond acceptors (Lipinski definition) is 7. The fourth-order valence-electron chi connectivity index (χ4n) is 3.81. The third kappa shape index (κ3) is 7.61. The maximum absolute atomic E-state index is 12.9. The maximum Gasteiger partial charge on any atom is 0.251 e. The van der Waals surface area contributed by atoms with Crippen molar-refractivity contribution in [2.45, 2.75) is 32.0 Å². The van der Waals surface area contributed by atoms with Crippen molar-refractivity contribution in [3.05, 3.63) is 95.8 Å². The van der Waals surface area contributed by atoms with Crippen LogP contribution in [0.3, 0.4) is 0 Å². The van der Waals surface area contributed by atoms with Gasteiger partial charge in [0.1, 0.15) is 0 Å². The number of rotatable bonds is 10.